The van der Waals surface area contributed by atoms with Gasteiger partial charge in [-0.3, -0.25) is 0 Å². The van der Waals surface area contributed by atoms with Crippen molar-refractivity contribution >= 4 is 11.5 Å². The number of benzene rings is 5. The predicted molar refractivity (Wildman–Crippen MR) is 199 cm³/mol. The number of ether oxygens (including phenoxy) is 3. The standard InChI is InChI=1S/C44H46O5/c1-7-47-42(27-48-40-24-25-41(31(6)26-40)49-28-43(45)46)44(38-20-16-36(17-21-38)34-12-8-32(9-13-34)29(2)3)39-22-18-37(19-23-39)35-14-10-33(11-15-35)30(4)5/h8-26,29-30H,7,27-28H2,1-6H3,(H,45,46). The summed E-state index contributed by atoms with van der Waals surface area (Å²) in [6, 6.07) is 40.2. The number of hydrogen-bond donors (Lipinski definition) is 1. The molecular weight excluding hydrogens is 608 g/mol. The molecule has 5 rings (SSSR count). The van der Waals surface area contributed by atoms with Gasteiger partial charge in [0.25, 0.3) is 0 Å². The van der Waals surface area contributed by atoms with Crippen LogP contribution in [0.15, 0.2) is 121 Å². The largest absolute Gasteiger partial charge is 0.494 e. The molecule has 0 heterocycles. The second kappa shape index (κ2) is 16.2. The van der Waals surface area contributed by atoms with E-state index in [1.54, 1.807) is 12.1 Å². The normalized spacial score (nSPS) is 11.0. The van der Waals surface area contributed by atoms with E-state index in [-0.39, 0.29) is 6.61 Å². The van der Waals surface area contributed by atoms with Gasteiger partial charge in [0.2, 0.25) is 0 Å². The molecular formula is C44H46O5. The van der Waals surface area contributed by atoms with Crippen molar-refractivity contribution in [3.05, 3.63) is 149 Å². The van der Waals surface area contributed by atoms with Crippen LogP contribution in [0.25, 0.3) is 27.8 Å². The van der Waals surface area contributed by atoms with Crippen LogP contribution in [-0.2, 0) is 9.53 Å². The minimum absolute atomic E-state index is 0.203. The van der Waals surface area contributed by atoms with Crippen molar-refractivity contribution in [3.8, 4) is 33.8 Å². The van der Waals surface area contributed by atoms with Crippen molar-refractivity contribution in [2.75, 3.05) is 19.8 Å². The van der Waals surface area contributed by atoms with Crippen LogP contribution in [0.2, 0.25) is 0 Å². The van der Waals surface area contributed by atoms with Crippen LogP contribution in [0.1, 0.15) is 74.3 Å². The lowest BCUT2D eigenvalue weighted by Crippen LogP contribution is -2.11. The van der Waals surface area contributed by atoms with Gasteiger partial charge in [0.15, 0.2) is 6.61 Å². The fraction of sp³-hybridized carbons (Fsp3) is 0.250. The number of aliphatic carboxylic acids is 1. The zero-order chi connectivity index (χ0) is 34.9. The van der Waals surface area contributed by atoms with Gasteiger partial charge < -0.3 is 19.3 Å². The first-order valence-electron chi connectivity index (χ1n) is 17.0. The van der Waals surface area contributed by atoms with Gasteiger partial charge in [-0.05, 0) is 94.0 Å². The highest BCUT2D eigenvalue weighted by Crippen LogP contribution is 2.33. The highest BCUT2D eigenvalue weighted by molar-refractivity contribution is 5.83. The summed E-state index contributed by atoms with van der Waals surface area (Å²) < 4.78 is 18.0. The lowest BCUT2D eigenvalue weighted by Gasteiger charge is -2.19. The third kappa shape index (κ3) is 8.99. The summed E-state index contributed by atoms with van der Waals surface area (Å²) in [4.78, 5) is 11.0. The molecule has 0 amide bonds. The van der Waals surface area contributed by atoms with E-state index in [0.717, 1.165) is 39.1 Å². The number of carbonyl (C=O) groups is 1. The topological polar surface area (TPSA) is 65.0 Å². The molecule has 1 N–H and O–H groups in total. The number of carboxylic acids is 1. The smallest absolute Gasteiger partial charge is 0.341 e. The average Bonchev–Trinajstić information content (AvgIpc) is 3.11. The second-order valence-electron chi connectivity index (χ2n) is 12.8. The number of rotatable bonds is 14. The molecule has 5 nitrogen and oxygen atoms in total. The van der Waals surface area contributed by atoms with Crippen LogP contribution in [0.4, 0.5) is 0 Å². The van der Waals surface area contributed by atoms with Gasteiger partial charge in [-0.1, -0.05) is 125 Å². The maximum Gasteiger partial charge on any atom is 0.341 e. The summed E-state index contributed by atoms with van der Waals surface area (Å²) in [7, 11) is 0. The zero-order valence-electron chi connectivity index (χ0n) is 29.3. The van der Waals surface area contributed by atoms with Crippen LogP contribution in [0.5, 0.6) is 11.5 Å². The quantitative estimate of drug-likeness (QED) is 0.121. The fourth-order valence-corrected chi connectivity index (χ4v) is 5.79. The van der Waals surface area contributed by atoms with Crippen LogP contribution >= 0.6 is 0 Å². The summed E-state index contributed by atoms with van der Waals surface area (Å²) >= 11 is 0. The van der Waals surface area contributed by atoms with Gasteiger partial charge in [0.05, 0.1) is 6.61 Å². The number of aryl methyl sites for hydroxylation is 1. The lowest BCUT2D eigenvalue weighted by molar-refractivity contribution is -0.139. The molecule has 0 atom stereocenters. The van der Waals surface area contributed by atoms with E-state index >= 15 is 0 Å². The van der Waals surface area contributed by atoms with E-state index in [1.807, 2.05) is 19.9 Å². The molecule has 5 heteroatoms. The fourth-order valence-electron chi connectivity index (χ4n) is 5.79. The summed E-state index contributed by atoms with van der Waals surface area (Å²) in [5.41, 5.74) is 11.1. The zero-order valence-corrected chi connectivity index (χ0v) is 29.3. The first kappa shape index (κ1) is 35.0. The summed E-state index contributed by atoms with van der Waals surface area (Å²) in [5, 5.41) is 8.99. The third-order valence-electron chi connectivity index (χ3n) is 8.63. The summed E-state index contributed by atoms with van der Waals surface area (Å²) in [5.74, 6) is 1.82. The third-order valence-corrected chi connectivity index (χ3v) is 8.63. The predicted octanol–water partition coefficient (Wildman–Crippen LogP) is 10.9. The molecule has 0 bridgehead atoms. The van der Waals surface area contributed by atoms with Crippen LogP contribution in [0, 0.1) is 6.92 Å². The van der Waals surface area contributed by atoms with Crippen LogP contribution in [-0.4, -0.2) is 30.9 Å². The van der Waals surface area contributed by atoms with Crippen LogP contribution < -0.4 is 9.47 Å². The first-order chi connectivity index (χ1) is 23.6. The van der Waals surface area contributed by atoms with Gasteiger partial charge in [-0.15, -0.1) is 0 Å². The Morgan fingerprint density at radius 3 is 1.45 bits per heavy atom. The molecule has 0 radical (unpaired) electrons. The molecule has 0 aliphatic heterocycles. The van der Waals surface area contributed by atoms with Gasteiger partial charge in [0.1, 0.15) is 23.9 Å². The van der Waals surface area contributed by atoms with Gasteiger partial charge in [0, 0.05) is 5.57 Å². The molecule has 0 saturated heterocycles. The lowest BCUT2D eigenvalue weighted by atomic mass is 9.92. The highest BCUT2D eigenvalue weighted by atomic mass is 16.5. The Morgan fingerprint density at radius 2 is 1.06 bits per heavy atom. The Hall–Kier alpha value is -5.29. The SMILES string of the molecule is CCOC(COc1ccc(OCC(=O)O)c(C)c1)=C(c1ccc(-c2ccc(C(C)C)cc2)cc1)c1ccc(-c2ccc(C(C)C)cc2)cc1. The number of carboxylic acid groups (broad SMARTS) is 1. The van der Waals surface area contributed by atoms with Crippen molar-refractivity contribution in [1.29, 1.82) is 0 Å². The van der Waals surface area contributed by atoms with Crippen molar-refractivity contribution < 1.29 is 24.1 Å². The number of hydrogen-bond acceptors (Lipinski definition) is 4. The second-order valence-corrected chi connectivity index (χ2v) is 12.8. The molecule has 5 aromatic carbocycles. The van der Waals surface area contributed by atoms with Gasteiger partial charge >= 0.3 is 5.97 Å². The van der Waals surface area contributed by atoms with E-state index in [9.17, 15) is 4.79 Å². The Kier molecular flexibility index (Phi) is 11.6. The van der Waals surface area contributed by atoms with Crippen LogP contribution in [0.3, 0.4) is 0 Å². The molecule has 0 aliphatic carbocycles. The molecule has 5 aromatic rings. The monoisotopic (exact) mass is 654 g/mol. The van der Waals surface area contributed by atoms with E-state index in [0.29, 0.717) is 29.9 Å². The van der Waals surface area contributed by atoms with E-state index in [1.165, 1.54) is 22.3 Å². The van der Waals surface area contributed by atoms with E-state index in [2.05, 4.69) is 125 Å². The molecule has 0 fully saturated rings. The van der Waals surface area contributed by atoms with E-state index < -0.39 is 12.6 Å². The van der Waals surface area contributed by atoms with Crippen molar-refractivity contribution in [3.63, 3.8) is 0 Å². The highest BCUT2D eigenvalue weighted by Gasteiger charge is 2.16. The van der Waals surface area contributed by atoms with Crippen molar-refractivity contribution in [1.82, 2.24) is 0 Å². The Bertz CT molecular complexity index is 1770. The average molecular weight is 655 g/mol. The molecule has 0 saturated carbocycles. The maximum absolute atomic E-state index is 11.0. The Morgan fingerprint density at radius 1 is 0.612 bits per heavy atom. The minimum atomic E-state index is -1.02. The first-order valence-corrected chi connectivity index (χ1v) is 17.0. The molecule has 0 aromatic heterocycles. The molecule has 0 unspecified atom stereocenters. The summed E-state index contributed by atoms with van der Waals surface area (Å²) in [6.07, 6.45) is 0. The molecule has 0 aliphatic rings. The Labute approximate surface area is 290 Å². The van der Waals surface area contributed by atoms with Crippen molar-refractivity contribution in [2.24, 2.45) is 0 Å². The van der Waals surface area contributed by atoms with Crippen molar-refractivity contribution in [2.45, 2.75) is 53.4 Å². The molecule has 49 heavy (non-hydrogen) atoms. The molecule has 0 spiro atoms. The molecule has 252 valence electrons. The van der Waals surface area contributed by atoms with Gasteiger partial charge in [-0.25, -0.2) is 4.79 Å². The minimum Gasteiger partial charge on any atom is -0.494 e. The Balaban J connectivity index is 1.50. The maximum atomic E-state index is 11.0. The van der Waals surface area contributed by atoms with Gasteiger partial charge in [-0.2, -0.15) is 0 Å². The summed E-state index contributed by atoms with van der Waals surface area (Å²) in [6.45, 7) is 13.0. The van der Waals surface area contributed by atoms with E-state index in [4.69, 9.17) is 19.3 Å².